The molecule has 1 N–H and O–H groups in total. The van der Waals surface area contributed by atoms with Crippen LogP contribution in [0.4, 0.5) is 5.00 Å². The number of carbonyl (C=O) groups is 2. The molecule has 1 aromatic heterocycles. The molecule has 0 spiro atoms. The number of carbonyl (C=O) groups excluding carboxylic acids is 1. The van der Waals surface area contributed by atoms with E-state index in [4.69, 9.17) is 4.74 Å². The molecule has 0 fully saturated rings. The van der Waals surface area contributed by atoms with Crippen molar-refractivity contribution in [2.45, 2.75) is 25.7 Å². The number of carboxylic acids is 1. The third-order valence-corrected chi connectivity index (χ3v) is 6.11. The third-order valence-electron chi connectivity index (χ3n) is 4.40. The molecule has 132 valence electrons. The summed E-state index contributed by atoms with van der Waals surface area (Å²) in [6, 6.07) is 7.38. The Bertz CT molecular complexity index is 972. The first-order chi connectivity index (χ1) is 12.5. The minimum Gasteiger partial charge on any atom is -0.478 e. The van der Waals surface area contributed by atoms with Crippen LogP contribution in [-0.2, 0) is 22.4 Å². The van der Waals surface area contributed by atoms with Gasteiger partial charge >= 0.3 is 11.9 Å². The number of rotatable bonds is 3. The van der Waals surface area contributed by atoms with Crippen LogP contribution in [0, 0.1) is 0 Å². The second-order valence-corrected chi connectivity index (χ2v) is 8.10. The second kappa shape index (κ2) is 6.81. The van der Waals surface area contributed by atoms with Crippen molar-refractivity contribution in [2.75, 3.05) is 0 Å². The van der Waals surface area contributed by atoms with Crippen LogP contribution >= 0.6 is 27.3 Å². The molecule has 0 unspecified atom stereocenters. The predicted molar refractivity (Wildman–Crippen MR) is 103 cm³/mol. The topological polar surface area (TPSA) is 76.0 Å². The van der Waals surface area contributed by atoms with Crippen LogP contribution in [0.3, 0.4) is 0 Å². The molecule has 26 heavy (non-hydrogen) atoms. The lowest BCUT2D eigenvalue weighted by atomic mass is 9.95. The van der Waals surface area contributed by atoms with E-state index >= 15 is 0 Å². The van der Waals surface area contributed by atoms with Gasteiger partial charge in [-0.1, -0.05) is 28.1 Å². The lowest BCUT2D eigenvalue weighted by Gasteiger charge is -2.10. The van der Waals surface area contributed by atoms with Crippen molar-refractivity contribution in [2.24, 2.45) is 4.99 Å². The lowest BCUT2D eigenvalue weighted by Crippen LogP contribution is -2.08. The van der Waals surface area contributed by atoms with E-state index in [2.05, 4.69) is 20.9 Å². The zero-order valence-electron chi connectivity index (χ0n) is 13.6. The Balaban J connectivity index is 1.74. The number of carboxylic acid groups (broad SMARTS) is 1. The summed E-state index contributed by atoms with van der Waals surface area (Å²) in [5.41, 5.74) is 1.99. The van der Waals surface area contributed by atoms with Crippen molar-refractivity contribution in [3.05, 3.63) is 56.4 Å². The zero-order chi connectivity index (χ0) is 18.3. The van der Waals surface area contributed by atoms with Gasteiger partial charge in [-0.05, 0) is 43.4 Å². The van der Waals surface area contributed by atoms with Gasteiger partial charge in [0.25, 0.3) is 0 Å². The van der Waals surface area contributed by atoms with Crippen molar-refractivity contribution in [1.82, 2.24) is 0 Å². The van der Waals surface area contributed by atoms with Crippen molar-refractivity contribution >= 4 is 55.7 Å². The summed E-state index contributed by atoms with van der Waals surface area (Å²) < 4.78 is 6.23. The minimum atomic E-state index is -0.993. The van der Waals surface area contributed by atoms with Crippen molar-refractivity contribution in [1.29, 1.82) is 0 Å². The number of hydrogen-bond acceptors (Lipinski definition) is 5. The minimum absolute atomic E-state index is 0.129. The maximum atomic E-state index is 12.2. The fourth-order valence-corrected chi connectivity index (χ4v) is 4.69. The first kappa shape index (κ1) is 17.2. The second-order valence-electron chi connectivity index (χ2n) is 6.10. The first-order valence-electron chi connectivity index (χ1n) is 8.19. The number of benzene rings is 1. The van der Waals surface area contributed by atoms with Gasteiger partial charge in [-0.3, -0.25) is 0 Å². The quantitative estimate of drug-likeness (QED) is 0.710. The van der Waals surface area contributed by atoms with Gasteiger partial charge in [-0.15, -0.1) is 11.3 Å². The van der Waals surface area contributed by atoms with Gasteiger partial charge in [-0.25, -0.2) is 14.6 Å². The Morgan fingerprint density at radius 1 is 1.19 bits per heavy atom. The largest absolute Gasteiger partial charge is 0.478 e. The highest BCUT2D eigenvalue weighted by atomic mass is 79.9. The molecule has 1 aliphatic heterocycles. The van der Waals surface area contributed by atoms with E-state index < -0.39 is 11.9 Å². The molecule has 0 bridgehead atoms. The van der Waals surface area contributed by atoms with E-state index in [0.717, 1.165) is 46.2 Å². The van der Waals surface area contributed by atoms with Crippen LogP contribution in [0.25, 0.3) is 5.76 Å². The molecular formula is C19H14BrNO4S. The fraction of sp³-hybridized carbons (Fsp3) is 0.211. The average Bonchev–Trinajstić information content (AvgIpc) is 3.16. The van der Waals surface area contributed by atoms with Crippen LogP contribution in [0.1, 0.15) is 39.2 Å². The first-order valence-corrected chi connectivity index (χ1v) is 9.80. The zero-order valence-corrected chi connectivity index (χ0v) is 16.0. The average molecular weight is 432 g/mol. The molecule has 2 aromatic rings. The number of ether oxygens (including phenoxy) is 1. The molecule has 1 aromatic carbocycles. The number of aryl methyl sites for hydroxylation is 1. The Morgan fingerprint density at radius 2 is 1.92 bits per heavy atom. The molecule has 4 rings (SSSR count). The monoisotopic (exact) mass is 431 g/mol. The number of aliphatic imine (C=N–C) groups is 1. The third kappa shape index (κ3) is 3.12. The number of aromatic carboxylic acids is 1. The van der Waals surface area contributed by atoms with E-state index in [1.807, 2.05) is 24.3 Å². The fourth-order valence-electron chi connectivity index (χ4n) is 3.16. The predicted octanol–water partition coefficient (Wildman–Crippen LogP) is 4.76. The summed E-state index contributed by atoms with van der Waals surface area (Å²) in [5, 5.41) is 9.99. The van der Waals surface area contributed by atoms with E-state index in [9.17, 15) is 14.7 Å². The molecule has 2 heterocycles. The number of halogens is 1. The highest BCUT2D eigenvalue weighted by Gasteiger charge is 2.28. The summed E-state index contributed by atoms with van der Waals surface area (Å²) in [4.78, 5) is 29.3. The normalized spacial score (nSPS) is 17.8. The summed E-state index contributed by atoms with van der Waals surface area (Å²) >= 11 is 4.73. The van der Waals surface area contributed by atoms with Crippen LogP contribution in [0.15, 0.2) is 39.8 Å². The Kier molecular flexibility index (Phi) is 4.50. The number of hydrogen-bond donors (Lipinski definition) is 1. The van der Waals surface area contributed by atoms with Gasteiger partial charge in [0.15, 0.2) is 5.71 Å². The van der Waals surface area contributed by atoms with Gasteiger partial charge in [0.2, 0.25) is 0 Å². The lowest BCUT2D eigenvalue weighted by molar-refractivity contribution is -0.128. The number of nitrogens with zero attached hydrogens (tertiary/aromatic N) is 1. The summed E-state index contributed by atoms with van der Waals surface area (Å²) in [6.07, 6.45) is 5.22. The summed E-state index contributed by atoms with van der Waals surface area (Å²) in [7, 11) is 0. The highest BCUT2D eigenvalue weighted by molar-refractivity contribution is 9.10. The van der Waals surface area contributed by atoms with Gasteiger partial charge in [0, 0.05) is 21.0 Å². The standard InChI is InChI=1S/C19H14BrNO4S/c20-11-7-5-10(6-8-11)14-9-13(19(24)25-14)21-17-16(18(22)23)12-3-1-2-4-15(12)26-17/h5-9H,1-4H2,(H,22,23)/b21-13+. The van der Waals surface area contributed by atoms with E-state index in [1.54, 1.807) is 6.08 Å². The van der Waals surface area contributed by atoms with Gasteiger partial charge in [0.1, 0.15) is 10.8 Å². The molecular weight excluding hydrogens is 418 g/mol. The maximum Gasteiger partial charge on any atom is 0.362 e. The Morgan fingerprint density at radius 3 is 2.65 bits per heavy atom. The van der Waals surface area contributed by atoms with E-state index in [1.165, 1.54) is 11.3 Å². The van der Waals surface area contributed by atoms with Crippen molar-refractivity contribution in [3.8, 4) is 0 Å². The molecule has 1 aliphatic carbocycles. The molecule has 0 radical (unpaired) electrons. The van der Waals surface area contributed by atoms with Gasteiger partial charge in [0.05, 0.1) is 5.56 Å². The molecule has 5 nitrogen and oxygen atoms in total. The number of esters is 1. The molecule has 0 amide bonds. The maximum absolute atomic E-state index is 12.2. The van der Waals surface area contributed by atoms with Crippen LogP contribution in [0.2, 0.25) is 0 Å². The van der Waals surface area contributed by atoms with Crippen LogP contribution in [0.5, 0.6) is 0 Å². The number of cyclic esters (lactones) is 1. The summed E-state index contributed by atoms with van der Waals surface area (Å²) in [5.74, 6) is -1.14. The summed E-state index contributed by atoms with van der Waals surface area (Å²) in [6.45, 7) is 0. The Labute approximate surface area is 162 Å². The van der Waals surface area contributed by atoms with Crippen LogP contribution in [-0.4, -0.2) is 22.8 Å². The Hall–Kier alpha value is -2.25. The van der Waals surface area contributed by atoms with Crippen molar-refractivity contribution < 1.29 is 19.4 Å². The molecule has 2 aliphatic rings. The molecule has 7 heteroatoms. The van der Waals surface area contributed by atoms with E-state index in [-0.39, 0.29) is 11.3 Å². The van der Waals surface area contributed by atoms with E-state index in [0.29, 0.717) is 10.8 Å². The molecule has 0 saturated carbocycles. The smallest absolute Gasteiger partial charge is 0.362 e. The van der Waals surface area contributed by atoms with Gasteiger partial charge in [-0.2, -0.15) is 0 Å². The van der Waals surface area contributed by atoms with Crippen LogP contribution < -0.4 is 0 Å². The molecule has 0 atom stereocenters. The molecule has 0 saturated heterocycles. The van der Waals surface area contributed by atoms with Crippen molar-refractivity contribution in [3.63, 3.8) is 0 Å². The SMILES string of the molecule is O=C1OC(c2ccc(Br)cc2)=C/C1=N\c1sc2c(c1C(=O)O)CCCC2. The number of fused-ring (bicyclic) bond motifs is 1. The number of thiophene rings is 1. The van der Waals surface area contributed by atoms with Gasteiger partial charge < -0.3 is 9.84 Å². The highest BCUT2D eigenvalue weighted by Crippen LogP contribution is 2.40.